The van der Waals surface area contributed by atoms with E-state index < -0.39 is 0 Å². The molecule has 0 aromatic heterocycles. The number of hydrogen-bond donors (Lipinski definition) is 1. The van der Waals surface area contributed by atoms with Crippen LogP contribution >= 0.6 is 0 Å². The summed E-state index contributed by atoms with van der Waals surface area (Å²) in [6.07, 6.45) is 23.1. The van der Waals surface area contributed by atoms with Gasteiger partial charge in [0.05, 0.1) is 5.76 Å². The van der Waals surface area contributed by atoms with Crippen LogP contribution in [0, 0.1) is 11.8 Å². The summed E-state index contributed by atoms with van der Waals surface area (Å²) in [7, 11) is 0. The lowest BCUT2D eigenvalue weighted by Crippen LogP contribution is -2.08. The maximum absolute atomic E-state index is 9.13. The average Bonchev–Trinajstić information content (AvgIpc) is 2.93. The molecule has 1 N–H and O–H groups in total. The van der Waals surface area contributed by atoms with Gasteiger partial charge in [-0.2, -0.15) is 0 Å². The van der Waals surface area contributed by atoms with E-state index in [-0.39, 0.29) is 0 Å². The van der Waals surface area contributed by atoms with Crippen molar-refractivity contribution in [1.29, 1.82) is 0 Å². The van der Waals surface area contributed by atoms with Gasteiger partial charge in [0, 0.05) is 0 Å². The topological polar surface area (TPSA) is 20.2 Å². The van der Waals surface area contributed by atoms with Crippen molar-refractivity contribution in [3.8, 4) is 0 Å². The van der Waals surface area contributed by atoms with E-state index in [1.54, 1.807) is 6.92 Å². The number of rotatable bonds is 13. The third-order valence-electron chi connectivity index (χ3n) is 5.46. The maximum Gasteiger partial charge on any atom is 0.0851 e. The zero-order valence-electron chi connectivity index (χ0n) is 15.3. The Morgan fingerprint density at radius 1 is 0.864 bits per heavy atom. The van der Waals surface area contributed by atoms with Crippen LogP contribution in [0.3, 0.4) is 0 Å². The Kier molecular flexibility index (Phi) is 11.6. The molecule has 22 heavy (non-hydrogen) atoms. The molecule has 1 nitrogen and oxygen atoms in total. The van der Waals surface area contributed by atoms with E-state index in [0.717, 1.165) is 18.3 Å². The van der Waals surface area contributed by atoms with Crippen LogP contribution in [0.15, 0.2) is 11.8 Å². The highest BCUT2D eigenvalue weighted by molar-refractivity contribution is 4.85. The molecule has 1 aliphatic rings. The summed E-state index contributed by atoms with van der Waals surface area (Å²) in [5.74, 6) is 2.56. The van der Waals surface area contributed by atoms with Gasteiger partial charge >= 0.3 is 0 Å². The lowest BCUT2D eigenvalue weighted by atomic mass is 9.87. The number of aliphatic hydroxyl groups is 1. The van der Waals surface area contributed by atoms with E-state index in [2.05, 4.69) is 6.92 Å². The van der Waals surface area contributed by atoms with Gasteiger partial charge in [-0.1, -0.05) is 90.4 Å². The van der Waals surface area contributed by atoms with Crippen LogP contribution in [0.25, 0.3) is 0 Å². The third kappa shape index (κ3) is 9.54. The van der Waals surface area contributed by atoms with E-state index in [0.29, 0.717) is 5.76 Å². The van der Waals surface area contributed by atoms with E-state index >= 15 is 0 Å². The van der Waals surface area contributed by atoms with Crippen molar-refractivity contribution in [2.75, 3.05) is 0 Å². The van der Waals surface area contributed by atoms with Crippen LogP contribution in [-0.2, 0) is 0 Å². The highest BCUT2D eigenvalue weighted by Crippen LogP contribution is 2.38. The van der Waals surface area contributed by atoms with Gasteiger partial charge in [0.1, 0.15) is 0 Å². The Morgan fingerprint density at radius 2 is 1.41 bits per heavy atom. The Morgan fingerprint density at radius 3 is 2.00 bits per heavy atom. The van der Waals surface area contributed by atoms with Gasteiger partial charge in [-0.25, -0.2) is 0 Å². The van der Waals surface area contributed by atoms with Gasteiger partial charge in [-0.05, 0) is 37.7 Å². The van der Waals surface area contributed by atoms with Crippen LogP contribution < -0.4 is 0 Å². The molecule has 2 atom stereocenters. The quantitative estimate of drug-likeness (QED) is 0.275. The summed E-state index contributed by atoms with van der Waals surface area (Å²) < 4.78 is 0. The zero-order valence-corrected chi connectivity index (χ0v) is 15.3. The van der Waals surface area contributed by atoms with E-state index in [1.165, 1.54) is 89.9 Å². The number of hydrogen-bond acceptors (Lipinski definition) is 1. The van der Waals surface area contributed by atoms with Gasteiger partial charge in [-0.3, -0.25) is 0 Å². The zero-order chi connectivity index (χ0) is 16.0. The maximum atomic E-state index is 9.13. The first kappa shape index (κ1) is 19.6. The second-order valence-corrected chi connectivity index (χ2v) is 7.49. The molecule has 0 unspecified atom stereocenters. The number of aliphatic hydroxyl groups excluding tert-OH is 1. The van der Waals surface area contributed by atoms with Crippen molar-refractivity contribution in [2.24, 2.45) is 11.8 Å². The summed E-state index contributed by atoms with van der Waals surface area (Å²) in [4.78, 5) is 0. The minimum Gasteiger partial charge on any atom is -0.513 e. The predicted octanol–water partition coefficient (Wildman–Crippen LogP) is 7.57. The Labute approximate surface area is 139 Å². The Hall–Kier alpha value is -0.460. The highest BCUT2D eigenvalue weighted by atomic mass is 16.3. The standard InChI is InChI=1S/C21H40O/c1-3-4-5-6-7-11-15-20-17-13-18-21(20)16-12-9-8-10-14-19(2)22/h14,20-22H,3-13,15-18H2,1-2H3/t20-,21-/m0/s1. The summed E-state index contributed by atoms with van der Waals surface area (Å²) in [5.41, 5.74) is 0. The molecule has 0 amide bonds. The molecule has 0 aromatic carbocycles. The fraction of sp³-hybridized carbons (Fsp3) is 0.905. The van der Waals surface area contributed by atoms with Crippen molar-refractivity contribution in [3.05, 3.63) is 11.8 Å². The first-order valence-corrected chi connectivity index (χ1v) is 10.1. The van der Waals surface area contributed by atoms with Crippen LogP contribution in [0.2, 0.25) is 0 Å². The molecule has 0 spiro atoms. The second-order valence-electron chi connectivity index (χ2n) is 7.49. The molecule has 130 valence electrons. The van der Waals surface area contributed by atoms with Crippen molar-refractivity contribution in [3.63, 3.8) is 0 Å². The van der Waals surface area contributed by atoms with Crippen LogP contribution in [0.1, 0.15) is 110 Å². The van der Waals surface area contributed by atoms with Gasteiger partial charge < -0.3 is 5.11 Å². The molecular formula is C21H40O. The second kappa shape index (κ2) is 13.0. The third-order valence-corrected chi connectivity index (χ3v) is 5.46. The van der Waals surface area contributed by atoms with E-state index in [1.807, 2.05) is 6.08 Å². The van der Waals surface area contributed by atoms with Gasteiger partial charge in [-0.15, -0.1) is 0 Å². The molecule has 0 saturated heterocycles. The molecule has 0 aliphatic heterocycles. The highest BCUT2D eigenvalue weighted by Gasteiger charge is 2.25. The SMILES string of the molecule is CCCCCCCC[C@H]1CCC[C@@H]1CCCCCC=C(C)O. The molecule has 0 bridgehead atoms. The Bertz CT molecular complexity index is 278. The summed E-state index contributed by atoms with van der Waals surface area (Å²) >= 11 is 0. The summed E-state index contributed by atoms with van der Waals surface area (Å²) in [5, 5.41) is 9.13. The number of unbranched alkanes of at least 4 members (excludes halogenated alkanes) is 8. The fourth-order valence-electron chi connectivity index (χ4n) is 4.10. The normalized spacial score (nSPS) is 22.4. The van der Waals surface area contributed by atoms with Gasteiger partial charge in [0.2, 0.25) is 0 Å². The monoisotopic (exact) mass is 308 g/mol. The van der Waals surface area contributed by atoms with Crippen molar-refractivity contribution in [1.82, 2.24) is 0 Å². The van der Waals surface area contributed by atoms with Crippen molar-refractivity contribution in [2.45, 2.75) is 110 Å². The molecule has 0 aromatic rings. The van der Waals surface area contributed by atoms with Gasteiger partial charge in [0.25, 0.3) is 0 Å². The lowest BCUT2D eigenvalue weighted by molar-refractivity contribution is 0.322. The number of allylic oxidation sites excluding steroid dienone is 2. The smallest absolute Gasteiger partial charge is 0.0851 e. The summed E-state index contributed by atoms with van der Waals surface area (Å²) in [6, 6.07) is 0. The molecular weight excluding hydrogens is 268 g/mol. The minimum atomic E-state index is 0.481. The fourth-order valence-corrected chi connectivity index (χ4v) is 4.10. The molecule has 1 aliphatic carbocycles. The van der Waals surface area contributed by atoms with E-state index in [4.69, 9.17) is 5.11 Å². The average molecular weight is 309 g/mol. The predicted molar refractivity (Wildman–Crippen MR) is 98.3 cm³/mol. The molecule has 0 heterocycles. The van der Waals surface area contributed by atoms with Gasteiger partial charge in [0.15, 0.2) is 0 Å². The minimum absolute atomic E-state index is 0.481. The molecule has 0 radical (unpaired) electrons. The lowest BCUT2D eigenvalue weighted by Gasteiger charge is -2.19. The van der Waals surface area contributed by atoms with Crippen molar-refractivity contribution < 1.29 is 5.11 Å². The largest absolute Gasteiger partial charge is 0.513 e. The van der Waals surface area contributed by atoms with Crippen LogP contribution in [0.4, 0.5) is 0 Å². The first-order valence-electron chi connectivity index (χ1n) is 10.1. The molecule has 1 heteroatoms. The van der Waals surface area contributed by atoms with Crippen molar-refractivity contribution >= 4 is 0 Å². The Balaban J connectivity index is 2.01. The van der Waals surface area contributed by atoms with Crippen LogP contribution in [0.5, 0.6) is 0 Å². The van der Waals surface area contributed by atoms with E-state index in [9.17, 15) is 0 Å². The molecule has 1 rings (SSSR count). The summed E-state index contributed by atoms with van der Waals surface area (Å²) in [6.45, 7) is 4.07. The molecule has 1 saturated carbocycles. The molecule has 1 fully saturated rings. The first-order chi connectivity index (χ1) is 10.7. The van der Waals surface area contributed by atoms with Crippen LogP contribution in [-0.4, -0.2) is 5.11 Å².